The van der Waals surface area contributed by atoms with Crippen LogP contribution in [0.5, 0.6) is 0 Å². The molecule has 5 N–H and O–H groups in total. The van der Waals surface area contributed by atoms with Gasteiger partial charge < -0.3 is 30.4 Å². The second-order valence-electron chi connectivity index (χ2n) is 8.20. The fourth-order valence-electron chi connectivity index (χ4n) is 4.27. The normalized spacial score (nSPS) is 23.1. The summed E-state index contributed by atoms with van der Waals surface area (Å²) in [7, 11) is 1.68. The van der Waals surface area contributed by atoms with Crippen LogP contribution >= 0.6 is 11.6 Å². The summed E-state index contributed by atoms with van der Waals surface area (Å²) >= 11 is 6.54. The van der Waals surface area contributed by atoms with Crippen molar-refractivity contribution in [2.75, 3.05) is 24.3 Å². The van der Waals surface area contributed by atoms with Gasteiger partial charge in [0.05, 0.1) is 23.4 Å². The number of hydrogen-bond donors (Lipinski definition) is 5. The molecule has 4 atom stereocenters. The molecular weight excluding hydrogens is 434 g/mol. The Hall–Kier alpha value is -2.46. The van der Waals surface area contributed by atoms with Gasteiger partial charge >= 0.3 is 0 Å². The van der Waals surface area contributed by atoms with Gasteiger partial charge in [0.1, 0.15) is 22.8 Å². The lowest BCUT2D eigenvalue weighted by Gasteiger charge is -2.20. The monoisotopic (exact) mass is 461 g/mol. The quantitative estimate of drug-likeness (QED) is 0.336. The van der Waals surface area contributed by atoms with Gasteiger partial charge in [0.2, 0.25) is 5.95 Å². The number of furan rings is 1. The van der Waals surface area contributed by atoms with E-state index in [0.29, 0.717) is 35.1 Å². The van der Waals surface area contributed by atoms with E-state index in [4.69, 9.17) is 16.0 Å². The average molecular weight is 462 g/mol. The van der Waals surface area contributed by atoms with Gasteiger partial charge in [-0.15, -0.1) is 0 Å². The van der Waals surface area contributed by atoms with Crippen molar-refractivity contribution in [3.05, 3.63) is 28.7 Å². The highest BCUT2D eigenvalue weighted by atomic mass is 35.5. The number of aliphatic hydroxyl groups is 3. The van der Waals surface area contributed by atoms with Crippen LogP contribution in [0.4, 0.5) is 11.8 Å². The van der Waals surface area contributed by atoms with E-state index in [1.165, 1.54) is 0 Å². The Morgan fingerprint density at radius 2 is 1.97 bits per heavy atom. The van der Waals surface area contributed by atoms with E-state index in [9.17, 15) is 15.3 Å². The second kappa shape index (κ2) is 9.19. The minimum absolute atomic E-state index is 0.178. The number of hydrogen-bond acceptors (Lipinski definition) is 9. The minimum atomic E-state index is -1.06. The van der Waals surface area contributed by atoms with Gasteiger partial charge in [0, 0.05) is 30.7 Å². The van der Waals surface area contributed by atoms with Gasteiger partial charge in [-0.25, -0.2) is 4.98 Å². The smallest absolute Gasteiger partial charge is 0.225 e. The Labute approximate surface area is 190 Å². The van der Waals surface area contributed by atoms with Crippen LogP contribution in [-0.2, 0) is 6.42 Å². The number of fused-ring (bicyclic) bond motifs is 1. The van der Waals surface area contributed by atoms with E-state index >= 15 is 0 Å². The first-order chi connectivity index (χ1) is 15.4. The van der Waals surface area contributed by atoms with Crippen molar-refractivity contribution in [3.63, 3.8) is 0 Å². The third kappa shape index (κ3) is 4.13. The molecule has 1 aliphatic rings. The van der Waals surface area contributed by atoms with Crippen molar-refractivity contribution in [3.8, 4) is 11.3 Å². The number of aryl methyl sites for hydroxylation is 2. The molecule has 10 heteroatoms. The molecule has 3 aromatic rings. The van der Waals surface area contributed by atoms with Gasteiger partial charge in [-0.2, -0.15) is 4.98 Å². The van der Waals surface area contributed by atoms with Crippen LogP contribution in [0.2, 0.25) is 5.15 Å². The number of nitrogens with one attached hydrogen (secondary N) is 2. The topological polar surface area (TPSA) is 137 Å². The van der Waals surface area contributed by atoms with Crippen molar-refractivity contribution in [2.24, 2.45) is 5.92 Å². The first-order valence-electron chi connectivity index (χ1n) is 10.8. The Bertz CT molecular complexity index is 1120. The van der Waals surface area contributed by atoms with Gasteiger partial charge in [-0.05, 0) is 31.9 Å². The summed E-state index contributed by atoms with van der Waals surface area (Å²) in [4.78, 5) is 13.4. The maximum atomic E-state index is 10.5. The van der Waals surface area contributed by atoms with E-state index in [-0.39, 0.29) is 11.8 Å². The zero-order chi connectivity index (χ0) is 23.0. The predicted molar refractivity (Wildman–Crippen MR) is 123 cm³/mol. The molecule has 9 nitrogen and oxygen atoms in total. The highest BCUT2D eigenvalue weighted by Crippen LogP contribution is 2.39. The summed E-state index contributed by atoms with van der Waals surface area (Å²) in [5, 5.41) is 37.3. The lowest BCUT2D eigenvalue weighted by atomic mass is 10.1. The first-order valence-corrected chi connectivity index (χ1v) is 11.1. The zero-order valence-corrected chi connectivity index (χ0v) is 19.0. The Morgan fingerprint density at radius 3 is 2.62 bits per heavy atom. The molecule has 0 saturated heterocycles. The summed E-state index contributed by atoms with van der Waals surface area (Å²) in [5.41, 5.74) is 2.90. The van der Waals surface area contributed by atoms with Gasteiger partial charge in [0.25, 0.3) is 0 Å². The highest BCUT2D eigenvalue weighted by molar-refractivity contribution is 6.32. The lowest BCUT2D eigenvalue weighted by Crippen LogP contribution is -2.35. The van der Waals surface area contributed by atoms with Crippen molar-refractivity contribution in [2.45, 2.75) is 51.4 Å². The molecule has 3 heterocycles. The van der Waals surface area contributed by atoms with Crippen molar-refractivity contribution >= 4 is 34.3 Å². The Balaban J connectivity index is 1.78. The van der Waals surface area contributed by atoms with E-state index in [2.05, 4.69) is 32.5 Å². The Morgan fingerprint density at radius 1 is 1.19 bits per heavy atom. The first kappa shape index (κ1) is 22.7. The number of aliphatic hydroxyl groups excluding tert-OH is 3. The number of aromatic nitrogens is 3. The molecule has 0 amide bonds. The van der Waals surface area contributed by atoms with Crippen LogP contribution in [0.15, 0.2) is 16.5 Å². The summed E-state index contributed by atoms with van der Waals surface area (Å²) in [6, 6.07) is 3.36. The standard InChI is InChI=1S/C22H28ClN5O4/c1-4-5-13-6-11-8-15(32-19(11)10(2)25-13)16-20(23)27-22(24-3)28-21(16)26-14-7-12(9-29)17(30)18(14)31/h6,8,12,14,17-18,29-31H,4-5,7,9H2,1-3H3,(H2,24,26,27,28)/t12-,14-,17-,18+/m1/s1. The van der Waals surface area contributed by atoms with Crippen molar-refractivity contribution < 1.29 is 19.7 Å². The molecule has 32 heavy (non-hydrogen) atoms. The molecule has 3 aromatic heterocycles. The molecule has 1 saturated carbocycles. The molecule has 1 aliphatic carbocycles. The summed E-state index contributed by atoms with van der Waals surface area (Å²) < 4.78 is 6.13. The average Bonchev–Trinajstić information content (AvgIpc) is 3.30. The molecular formula is C22H28ClN5O4. The highest BCUT2D eigenvalue weighted by Gasteiger charge is 2.41. The molecule has 0 aromatic carbocycles. The predicted octanol–water partition coefficient (Wildman–Crippen LogP) is 2.76. The summed E-state index contributed by atoms with van der Waals surface area (Å²) in [6.45, 7) is 3.79. The number of nitrogens with zero attached hydrogens (tertiary/aromatic N) is 3. The third-order valence-corrected chi connectivity index (χ3v) is 6.20. The summed E-state index contributed by atoms with van der Waals surface area (Å²) in [6.07, 6.45) is 0.146. The molecule has 0 bridgehead atoms. The van der Waals surface area contributed by atoms with Gasteiger partial charge in [-0.1, -0.05) is 24.9 Å². The van der Waals surface area contributed by atoms with Crippen LogP contribution in [-0.4, -0.2) is 62.2 Å². The van der Waals surface area contributed by atoms with Crippen molar-refractivity contribution in [1.29, 1.82) is 0 Å². The molecule has 0 aliphatic heterocycles. The van der Waals surface area contributed by atoms with E-state index in [0.717, 1.165) is 29.6 Å². The molecule has 1 fully saturated rings. The maximum Gasteiger partial charge on any atom is 0.225 e. The fourth-order valence-corrected chi connectivity index (χ4v) is 4.54. The number of anilines is 2. The largest absolute Gasteiger partial charge is 0.454 e. The molecule has 172 valence electrons. The van der Waals surface area contributed by atoms with E-state index < -0.39 is 24.2 Å². The van der Waals surface area contributed by atoms with Crippen LogP contribution in [0.3, 0.4) is 0 Å². The van der Waals surface area contributed by atoms with Crippen LogP contribution in [0.1, 0.15) is 31.2 Å². The summed E-state index contributed by atoms with van der Waals surface area (Å²) in [5.74, 6) is 0.708. The van der Waals surface area contributed by atoms with Gasteiger partial charge in [-0.3, -0.25) is 4.98 Å². The fraction of sp³-hybridized carbons (Fsp3) is 0.500. The SMILES string of the molecule is CCCc1cc2cc(-c3c(Cl)nc(NC)nc3N[C@@H]3C[C@H](CO)[C@@H](O)[C@H]3O)oc2c(C)n1. The maximum absolute atomic E-state index is 10.5. The van der Waals surface area contributed by atoms with Crippen LogP contribution in [0.25, 0.3) is 22.3 Å². The minimum Gasteiger partial charge on any atom is -0.454 e. The van der Waals surface area contributed by atoms with Crippen LogP contribution < -0.4 is 10.6 Å². The lowest BCUT2D eigenvalue weighted by molar-refractivity contribution is 0.00446. The third-order valence-electron chi connectivity index (χ3n) is 5.92. The van der Waals surface area contributed by atoms with Crippen molar-refractivity contribution in [1.82, 2.24) is 15.0 Å². The number of halogens is 1. The molecule has 0 radical (unpaired) electrons. The number of rotatable bonds is 7. The molecule has 0 unspecified atom stereocenters. The van der Waals surface area contributed by atoms with E-state index in [1.54, 1.807) is 7.05 Å². The van der Waals surface area contributed by atoms with E-state index in [1.807, 2.05) is 19.1 Å². The molecule has 0 spiro atoms. The Kier molecular flexibility index (Phi) is 6.52. The van der Waals surface area contributed by atoms with Crippen LogP contribution in [0, 0.1) is 12.8 Å². The second-order valence-corrected chi connectivity index (χ2v) is 8.56. The zero-order valence-electron chi connectivity index (χ0n) is 18.3. The number of pyridine rings is 1. The molecule has 4 rings (SSSR count). The van der Waals surface area contributed by atoms with Gasteiger partial charge in [0.15, 0.2) is 5.58 Å².